The van der Waals surface area contributed by atoms with E-state index in [0.717, 1.165) is 46.8 Å². The van der Waals surface area contributed by atoms with Crippen LogP contribution in [-0.4, -0.2) is 38.9 Å². The number of ether oxygens (including phenoxy) is 1. The van der Waals surface area contributed by atoms with Crippen LogP contribution in [0.2, 0.25) is 0 Å². The summed E-state index contributed by atoms with van der Waals surface area (Å²) in [6.45, 7) is 5.53. The van der Waals surface area contributed by atoms with Crippen LogP contribution in [0.4, 0.5) is 26.3 Å². The fourth-order valence-electron chi connectivity index (χ4n) is 3.43. The van der Waals surface area contributed by atoms with Crippen LogP contribution in [0.3, 0.4) is 0 Å². The second kappa shape index (κ2) is 13.7. The average Bonchev–Trinajstić information content (AvgIpc) is 3.53. The number of halogens is 6. The van der Waals surface area contributed by atoms with Crippen LogP contribution in [-0.2, 0) is 24.1 Å². The molecular formula is C26H24F6N4O5S. The Morgan fingerprint density at radius 1 is 1.12 bits per heavy atom. The van der Waals surface area contributed by atoms with E-state index >= 15 is 0 Å². The van der Waals surface area contributed by atoms with Gasteiger partial charge in [0, 0.05) is 17.7 Å². The minimum absolute atomic E-state index is 0.251. The van der Waals surface area contributed by atoms with E-state index < -0.39 is 29.6 Å². The molecule has 0 amide bonds. The van der Waals surface area contributed by atoms with Gasteiger partial charge in [-0.1, -0.05) is 24.2 Å². The molecule has 16 heteroatoms. The molecular weight excluding hydrogens is 594 g/mol. The van der Waals surface area contributed by atoms with Crippen LogP contribution >= 0.6 is 11.3 Å². The number of benzene rings is 2. The Bertz CT molecular complexity index is 1540. The van der Waals surface area contributed by atoms with Crippen LogP contribution in [0.1, 0.15) is 35.0 Å². The number of nitrogens with zero attached hydrogens (tertiary/aromatic N) is 2. The van der Waals surface area contributed by atoms with E-state index in [2.05, 4.69) is 31.9 Å². The van der Waals surface area contributed by atoms with Gasteiger partial charge in [0.1, 0.15) is 17.4 Å². The van der Waals surface area contributed by atoms with Gasteiger partial charge in [0.05, 0.1) is 16.1 Å². The molecule has 0 atom stereocenters. The van der Waals surface area contributed by atoms with Crippen LogP contribution < -0.4 is 15.8 Å². The van der Waals surface area contributed by atoms with Crippen molar-refractivity contribution >= 4 is 17.3 Å². The van der Waals surface area contributed by atoms with Gasteiger partial charge in [-0.25, -0.2) is 14.6 Å². The summed E-state index contributed by atoms with van der Waals surface area (Å²) in [5.41, 5.74) is 2.28. The number of carbonyl (C=O) groups is 1. The predicted molar refractivity (Wildman–Crippen MR) is 140 cm³/mol. The molecule has 0 saturated heterocycles. The molecule has 2 heterocycles. The Balaban J connectivity index is 0.000000616. The molecule has 0 aliphatic carbocycles. The van der Waals surface area contributed by atoms with Crippen molar-refractivity contribution in [3.8, 4) is 27.7 Å². The number of hydrogen-bond donors (Lipinski definition) is 3. The van der Waals surface area contributed by atoms with E-state index in [4.69, 9.17) is 14.6 Å². The number of hydrogen-bond acceptors (Lipinski definition) is 8. The third-order valence-corrected chi connectivity index (χ3v) is 6.58. The summed E-state index contributed by atoms with van der Waals surface area (Å²) in [6.07, 6.45) is -8.50. The lowest BCUT2D eigenvalue weighted by atomic mass is 10.1. The minimum Gasteiger partial charge on any atom is -0.488 e. The zero-order valence-electron chi connectivity index (χ0n) is 22.0. The maximum Gasteiger partial charge on any atom is 0.490 e. The van der Waals surface area contributed by atoms with Crippen molar-refractivity contribution in [2.24, 2.45) is 0 Å². The van der Waals surface area contributed by atoms with Crippen molar-refractivity contribution in [2.75, 3.05) is 6.54 Å². The van der Waals surface area contributed by atoms with Crippen LogP contribution in [0, 0.1) is 6.92 Å². The molecule has 0 fully saturated rings. The largest absolute Gasteiger partial charge is 0.490 e. The number of carboxylic acid groups (broad SMARTS) is 1. The number of aryl methyl sites for hydroxylation is 1. The first kappa shape index (κ1) is 32.3. The molecule has 0 saturated carbocycles. The normalized spacial score (nSPS) is 11.6. The number of aromatic amines is 1. The Kier molecular flexibility index (Phi) is 10.5. The lowest BCUT2D eigenvalue weighted by Crippen LogP contribution is -2.21. The number of thiazole rings is 1. The lowest BCUT2D eigenvalue weighted by Gasteiger charge is -2.09. The highest BCUT2D eigenvalue weighted by molar-refractivity contribution is 7.15. The monoisotopic (exact) mass is 618 g/mol. The molecule has 4 rings (SSSR count). The highest BCUT2D eigenvalue weighted by atomic mass is 32.1. The summed E-state index contributed by atoms with van der Waals surface area (Å²) in [7, 11) is 0. The molecule has 0 aliphatic rings. The standard InChI is InChI=1S/C24H23F3N4O3S.C2HF3O2/c1-3-10-28-12-19-20(35-22(29-19)15-4-6-16(7-5-15)24(25,26)27)13-33-17-8-9-18(14(2)11-17)21-30-23(32)34-31-21;3-2(4,5)1(6)7/h4-9,11,28H,3,10,12-13H2,1-2H3,(H,30,31,32);(H,6,7). The highest BCUT2D eigenvalue weighted by Crippen LogP contribution is 2.34. The Hall–Kier alpha value is -4.18. The van der Waals surface area contributed by atoms with Gasteiger partial charge >= 0.3 is 24.1 Å². The molecule has 0 unspecified atom stereocenters. The molecule has 9 nitrogen and oxygen atoms in total. The van der Waals surface area contributed by atoms with E-state index in [9.17, 15) is 31.1 Å². The highest BCUT2D eigenvalue weighted by Gasteiger charge is 2.38. The van der Waals surface area contributed by atoms with Gasteiger partial charge in [-0.15, -0.1) is 11.3 Å². The molecule has 2 aromatic heterocycles. The van der Waals surface area contributed by atoms with Crippen LogP contribution in [0.5, 0.6) is 5.75 Å². The average molecular weight is 619 g/mol. The first-order valence-corrected chi connectivity index (χ1v) is 13.0. The minimum atomic E-state index is -5.08. The second-order valence-corrected chi connectivity index (χ2v) is 9.74. The van der Waals surface area contributed by atoms with Crippen LogP contribution in [0.25, 0.3) is 22.0 Å². The van der Waals surface area contributed by atoms with E-state index in [1.165, 1.54) is 23.5 Å². The van der Waals surface area contributed by atoms with Gasteiger partial charge in [-0.3, -0.25) is 9.51 Å². The number of H-pyrrole nitrogens is 1. The topological polar surface area (TPSA) is 130 Å². The number of nitrogens with one attached hydrogen (secondary N) is 2. The summed E-state index contributed by atoms with van der Waals surface area (Å²) < 4.78 is 81.1. The smallest absolute Gasteiger partial charge is 0.488 e. The second-order valence-electron chi connectivity index (χ2n) is 8.65. The quantitative estimate of drug-likeness (QED) is 0.150. The van der Waals surface area contributed by atoms with Crippen LogP contribution in [0.15, 0.2) is 51.8 Å². The van der Waals surface area contributed by atoms with E-state index in [-0.39, 0.29) is 6.61 Å². The van der Waals surface area contributed by atoms with E-state index in [0.29, 0.717) is 28.7 Å². The summed E-state index contributed by atoms with van der Waals surface area (Å²) in [4.78, 5) is 28.2. The first-order chi connectivity index (χ1) is 19.7. The fraction of sp³-hybridized carbons (Fsp3) is 0.308. The van der Waals surface area contributed by atoms with Crippen molar-refractivity contribution in [2.45, 2.75) is 45.8 Å². The summed E-state index contributed by atoms with van der Waals surface area (Å²) in [5, 5.41) is 14.8. The van der Waals surface area contributed by atoms with E-state index in [1.807, 2.05) is 13.0 Å². The van der Waals surface area contributed by atoms with Gasteiger partial charge in [0.2, 0.25) is 0 Å². The van der Waals surface area contributed by atoms with Gasteiger partial charge in [0.25, 0.3) is 0 Å². The fourth-order valence-corrected chi connectivity index (χ4v) is 4.43. The molecule has 0 radical (unpaired) electrons. The van der Waals surface area contributed by atoms with Crippen molar-refractivity contribution < 1.29 is 45.5 Å². The molecule has 3 N–H and O–H groups in total. The number of carboxylic acids is 1. The maximum atomic E-state index is 12.9. The molecule has 2 aromatic carbocycles. The number of alkyl halides is 6. The number of rotatable bonds is 9. The Labute approximate surface area is 238 Å². The van der Waals surface area contributed by atoms with Crippen molar-refractivity contribution in [1.82, 2.24) is 20.4 Å². The van der Waals surface area contributed by atoms with Gasteiger partial charge in [0.15, 0.2) is 5.82 Å². The van der Waals surface area contributed by atoms with Crippen molar-refractivity contribution in [3.05, 3.63) is 74.7 Å². The lowest BCUT2D eigenvalue weighted by molar-refractivity contribution is -0.192. The molecule has 226 valence electrons. The summed E-state index contributed by atoms with van der Waals surface area (Å²) in [5.74, 6) is -2.42. The molecule has 4 aromatic rings. The zero-order valence-corrected chi connectivity index (χ0v) is 22.8. The maximum absolute atomic E-state index is 12.9. The number of aliphatic carboxylic acids is 1. The Morgan fingerprint density at radius 2 is 1.79 bits per heavy atom. The molecule has 0 spiro atoms. The van der Waals surface area contributed by atoms with Gasteiger partial charge in [-0.05, 0) is 55.8 Å². The first-order valence-electron chi connectivity index (χ1n) is 12.2. The summed E-state index contributed by atoms with van der Waals surface area (Å²) >= 11 is 1.39. The van der Waals surface area contributed by atoms with Crippen molar-refractivity contribution in [3.63, 3.8) is 0 Å². The summed E-state index contributed by atoms with van der Waals surface area (Å²) in [6, 6.07) is 10.4. The molecule has 0 bridgehead atoms. The zero-order chi connectivity index (χ0) is 31.1. The Morgan fingerprint density at radius 3 is 2.31 bits per heavy atom. The third kappa shape index (κ3) is 8.91. The molecule has 42 heavy (non-hydrogen) atoms. The van der Waals surface area contributed by atoms with Crippen molar-refractivity contribution in [1.29, 1.82) is 0 Å². The predicted octanol–water partition coefficient (Wildman–Crippen LogP) is 6.19. The SMILES string of the molecule is CCCNCc1nc(-c2ccc(C(F)(F)F)cc2)sc1COc1ccc(-c2noc(=O)[nH]2)c(C)c1.O=C(O)C(F)(F)F. The van der Waals surface area contributed by atoms with Gasteiger partial charge in [-0.2, -0.15) is 26.3 Å². The number of aromatic nitrogens is 3. The third-order valence-electron chi connectivity index (χ3n) is 5.46. The van der Waals surface area contributed by atoms with E-state index in [1.54, 1.807) is 12.1 Å². The van der Waals surface area contributed by atoms with Gasteiger partial charge < -0.3 is 15.2 Å². The molecule has 0 aliphatic heterocycles.